The first-order valence-corrected chi connectivity index (χ1v) is 6.12. The van der Waals surface area contributed by atoms with E-state index in [0.717, 1.165) is 10.3 Å². The Bertz CT molecular complexity index is 693. The number of rotatable bonds is 5. The zero-order valence-corrected chi connectivity index (χ0v) is 11.0. The van der Waals surface area contributed by atoms with E-state index in [-0.39, 0.29) is 5.56 Å². The molecule has 108 valence electrons. The number of carboxylic acid groups (broad SMARTS) is 1. The Morgan fingerprint density at radius 2 is 1.86 bits per heavy atom. The molecule has 21 heavy (non-hydrogen) atoms. The number of pyridine rings is 1. The first-order valence-electron chi connectivity index (χ1n) is 6.12. The van der Waals surface area contributed by atoms with E-state index >= 15 is 0 Å². The molecule has 2 rings (SSSR count). The molecule has 0 aliphatic heterocycles. The third-order valence-electron chi connectivity index (χ3n) is 2.82. The number of primary amides is 1. The smallest absolute Gasteiger partial charge is 0.323 e. The van der Waals surface area contributed by atoms with Crippen LogP contribution >= 0.6 is 0 Å². The molecule has 2 amide bonds. The van der Waals surface area contributed by atoms with E-state index in [1.165, 1.54) is 12.3 Å². The van der Waals surface area contributed by atoms with Gasteiger partial charge in [0, 0.05) is 11.6 Å². The predicted molar refractivity (Wildman–Crippen MR) is 74.5 cm³/mol. The molecule has 0 atom stereocenters. The molecule has 0 spiro atoms. The van der Waals surface area contributed by atoms with E-state index in [4.69, 9.17) is 10.8 Å². The van der Waals surface area contributed by atoms with E-state index < -0.39 is 30.9 Å². The number of nitrogens with two attached hydrogens (primary N) is 1. The van der Waals surface area contributed by atoms with Crippen LogP contribution in [0.3, 0.4) is 0 Å². The first-order chi connectivity index (χ1) is 9.99. The van der Waals surface area contributed by atoms with Crippen LogP contribution in [-0.2, 0) is 9.59 Å². The summed E-state index contributed by atoms with van der Waals surface area (Å²) < 4.78 is 0. The van der Waals surface area contributed by atoms with Gasteiger partial charge < -0.3 is 15.7 Å². The van der Waals surface area contributed by atoms with Gasteiger partial charge in [-0.2, -0.15) is 0 Å². The number of benzene rings is 1. The van der Waals surface area contributed by atoms with Crippen molar-refractivity contribution < 1.29 is 19.5 Å². The van der Waals surface area contributed by atoms with Crippen LogP contribution in [0, 0.1) is 0 Å². The van der Waals surface area contributed by atoms with Crippen molar-refractivity contribution >= 4 is 28.7 Å². The Balaban J connectivity index is 2.42. The SMILES string of the molecule is NC(=O)CN(CC(=O)O)C(=O)c1cccc2cccnc12. The van der Waals surface area contributed by atoms with Gasteiger partial charge in [0.2, 0.25) is 5.91 Å². The van der Waals surface area contributed by atoms with Gasteiger partial charge in [0.1, 0.15) is 13.1 Å². The Morgan fingerprint density at radius 3 is 2.52 bits per heavy atom. The largest absolute Gasteiger partial charge is 0.480 e. The summed E-state index contributed by atoms with van der Waals surface area (Å²) in [5, 5.41) is 9.59. The summed E-state index contributed by atoms with van der Waals surface area (Å²) in [4.78, 5) is 39.3. The summed E-state index contributed by atoms with van der Waals surface area (Å²) in [5.74, 6) is -2.60. The lowest BCUT2D eigenvalue weighted by molar-refractivity contribution is -0.138. The Morgan fingerprint density at radius 1 is 1.14 bits per heavy atom. The fourth-order valence-electron chi connectivity index (χ4n) is 2.00. The van der Waals surface area contributed by atoms with Crippen LogP contribution in [0.15, 0.2) is 36.5 Å². The van der Waals surface area contributed by atoms with Gasteiger partial charge in [-0.1, -0.05) is 18.2 Å². The van der Waals surface area contributed by atoms with Crippen LogP contribution in [0.1, 0.15) is 10.4 Å². The third kappa shape index (κ3) is 3.33. The molecule has 0 radical (unpaired) electrons. The average molecular weight is 287 g/mol. The van der Waals surface area contributed by atoms with Crippen LogP contribution in [0.2, 0.25) is 0 Å². The number of carbonyl (C=O) groups excluding carboxylic acids is 2. The highest BCUT2D eigenvalue weighted by Gasteiger charge is 2.22. The van der Waals surface area contributed by atoms with Crippen LogP contribution < -0.4 is 5.73 Å². The second-order valence-electron chi connectivity index (χ2n) is 4.40. The fourth-order valence-corrected chi connectivity index (χ4v) is 2.00. The normalized spacial score (nSPS) is 10.3. The summed E-state index contributed by atoms with van der Waals surface area (Å²) in [6, 6.07) is 8.51. The molecule has 7 nitrogen and oxygen atoms in total. The van der Waals surface area contributed by atoms with E-state index in [0.29, 0.717) is 5.52 Å². The molecule has 0 fully saturated rings. The van der Waals surface area contributed by atoms with Crippen molar-refractivity contribution in [3.63, 3.8) is 0 Å². The molecule has 0 saturated heterocycles. The molecular formula is C14H13N3O4. The van der Waals surface area contributed by atoms with Gasteiger partial charge in [-0.25, -0.2) is 0 Å². The summed E-state index contributed by atoms with van der Waals surface area (Å²) >= 11 is 0. The number of carbonyl (C=O) groups is 3. The zero-order chi connectivity index (χ0) is 15.4. The number of hydrogen-bond acceptors (Lipinski definition) is 4. The molecule has 1 aromatic carbocycles. The summed E-state index contributed by atoms with van der Waals surface area (Å²) in [6.07, 6.45) is 1.54. The maximum absolute atomic E-state index is 12.4. The minimum Gasteiger partial charge on any atom is -0.480 e. The summed E-state index contributed by atoms with van der Waals surface area (Å²) in [5.41, 5.74) is 5.74. The van der Waals surface area contributed by atoms with E-state index in [9.17, 15) is 14.4 Å². The van der Waals surface area contributed by atoms with Crippen molar-refractivity contribution in [3.8, 4) is 0 Å². The fraction of sp³-hybridized carbons (Fsp3) is 0.143. The number of para-hydroxylation sites is 1. The molecule has 1 aromatic heterocycles. The minimum absolute atomic E-state index is 0.232. The van der Waals surface area contributed by atoms with Crippen LogP contribution in [0.5, 0.6) is 0 Å². The second kappa shape index (κ2) is 6.00. The van der Waals surface area contributed by atoms with Gasteiger partial charge in [-0.3, -0.25) is 19.4 Å². The van der Waals surface area contributed by atoms with Crippen molar-refractivity contribution in [2.75, 3.05) is 13.1 Å². The molecule has 1 heterocycles. The molecule has 3 N–H and O–H groups in total. The second-order valence-corrected chi connectivity index (χ2v) is 4.40. The molecule has 0 unspecified atom stereocenters. The highest BCUT2D eigenvalue weighted by molar-refractivity contribution is 6.07. The van der Waals surface area contributed by atoms with Gasteiger partial charge >= 0.3 is 5.97 Å². The monoisotopic (exact) mass is 287 g/mol. The number of amides is 2. The number of fused-ring (bicyclic) bond motifs is 1. The van der Waals surface area contributed by atoms with Crippen LogP contribution in [0.4, 0.5) is 0 Å². The standard InChI is InChI=1S/C14H13N3O4/c15-11(18)7-17(8-12(19)20)14(21)10-5-1-3-9-4-2-6-16-13(9)10/h1-6H,7-8H2,(H2,15,18)(H,19,20). The van der Waals surface area contributed by atoms with Gasteiger partial charge in [0.15, 0.2) is 0 Å². The maximum Gasteiger partial charge on any atom is 0.323 e. The van der Waals surface area contributed by atoms with Gasteiger partial charge in [0.05, 0.1) is 11.1 Å². The summed E-state index contributed by atoms with van der Waals surface area (Å²) in [7, 11) is 0. The number of aromatic nitrogens is 1. The van der Waals surface area contributed by atoms with Crippen molar-refractivity contribution in [3.05, 3.63) is 42.1 Å². The minimum atomic E-state index is -1.22. The first kappa shape index (κ1) is 14.4. The topological polar surface area (TPSA) is 114 Å². The number of aliphatic carboxylic acids is 1. The maximum atomic E-state index is 12.4. The molecule has 0 aliphatic carbocycles. The van der Waals surface area contributed by atoms with Gasteiger partial charge in [-0.15, -0.1) is 0 Å². The lowest BCUT2D eigenvalue weighted by Gasteiger charge is -2.19. The molecule has 7 heteroatoms. The molecule has 0 saturated carbocycles. The van der Waals surface area contributed by atoms with Crippen LogP contribution in [-0.4, -0.2) is 45.9 Å². The van der Waals surface area contributed by atoms with E-state index in [1.807, 2.05) is 0 Å². The van der Waals surface area contributed by atoms with E-state index in [1.54, 1.807) is 24.3 Å². The highest BCUT2D eigenvalue weighted by Crippen LogP contribution is 2.17. The van der Waals surface area contributed by atoms with Crippen molar-refractivity contribution in [1.29, 1.82) is 0 Å². The number of carboxylic acids is 1. The molecule has 0 aliphatic rings. The molecule has 2 aromatic rings. The Hall–Kier alpha value is -2.96. The highest BCUT2D eigenvalue weighted by atomic mass is 16.4. The molecule has 0 bridgehead atoms. The lowest BCUT2D eigenvalue weighted by atomic mass is 10.1. The lowest BCUT2D eigenvalue weighted by Crippen LogP contribution is -2.41. The van der Waals surface area contributed by atoms with E-state index in [2.05, 4.69) is 4.98 Å². The summed E-state index contributed by atoms with van der Waals surface area (Å²) in [6.45, 7) is -1.07. The van der Waals surface area contributed by atoms with Crippen molar-refractivity contribution in [2.24, 2.45) is 5.73 Å². The Labute approximate surface area is 120 Å². The predicted octanol–water partition coefficient (Wildman–Crippen LogP) is 0.247. The van der Waals surface area contributed by atoms with Crippen LogP contribution in [0.25, 0.3) is 10.9 Å². The third-order valence-corrected chi connectivity index (χ3v) is 2.82. The van der Waals surface area contributed by atoms with Gasteiger partial charge in [0.25, 0.3) is 5.91 Å². The molecular weight excluding hydrogens is 274 g/mol. The van der Waals surface area contributed by atoms with Crippen molar-refractivity contribution in [2.45, 2.75) is 0 Å². The average Bonchev–Trinajstić information content (AvgIpc) is 2.44. The quantitative estimate of drug-likeness (QED) is 0.818. The number of hydrogen-bond donors (Lipinski definition) is 2. The van der Waals surface area contributed by atoms with Gasteiger partial charge in [-0.05, 0) is 12.1 Å². The zero-order valence-electron chi connectivity index (χ0n) is 11.0. The Kier molecular flexibility index (Phi) is 4.13. The van der Waals surface area contributed by atoms with Crippen molar-refractivity contribution in [1.82, 2.24) is 9.88 Å². The number of nitrogens with zero attached hydrogens (tertiary/aromatic N) is 2.